The summed E-state index contributed by atoms with van der Waals surface area (Å²) in [6.07, 6.45) is -0.353. The van der Waals surface area contributed by atoms with Gasteiger partial charge in [0.25, 0.3) is 11.5 Å². The number of para-hydroxylation sites is 1. The molecule has 1 unspecified atom stereocenters. The minimum absolute atomic E-state index is 0.147. The van der Waals surface area contributed by atoms with Crippen LogP contribution in [-0.2, 0) is 23.0 Å². The summed E-state index contributed by atoms with van der Waals surface area (Å²) >= 11 is 0. The van der Waals surface area contributed by atoms with E-state index in [-0.39, 0.29) is 11.2 Å². The van der Waals surface area contributed by atoms with Crippen LogP contribution in [-0.4, -0.2) is 34.0 Å². The zero-order chi connectivity index (χ0) is 22.1. The molecule has 0 fully saturated rings. The molecule has 31 heavy (non-hydrogen) atoms. The van der Waals surface area contributed by atoms with Crippen LogP contribution in [0.3, 0.4) is 0 Å². The molecule has 0 saturated heterocycles. The fourth-order valence-electron chi connectivity index (χ4n) is 3.53. The number of esters is 1. The predicted molar refractivity (Wildman–Crippen MR) is 115 cm³/mol. The highest BCUT2D eigenvalue weighted by Crippen LogP contribution is 2.26. The molecule has 8 heteroatoms. The molecule has 0 radical (unpaired) electrons. The molecule has 1 N–H and O–H groups in total. The van der Waals surface area contributed by atoms with Crippen molar-refractivity contribution in [3.63, 3.8) is 0 Å². The first-order valence-electron chi connectivity index (χ1n) is 9.98. The number of fused-ring (bicyclic) bond motifs is 1. The molecular formula is C23H23N3O5. The van der Waals surface area contributed by atoms with Crippen LogP contribution in [0.25, 0.3) is 5.69 Å². The van der Waals surface area contributed by atoms with Gasteiger partial charge in [0.2, 0.25) is 0 Å². The topological polar surface area (TPSA) is 91.6 Å². The Morgan fingerprint density at radius 2 is 1.90 bits per heavy atom. The summed E-state index contributed by atoms with van der Waals surface area (Å²) in [4.78, 5) is 38.1. The summed E-state index contributed by atoms with van der Waals surface area (Å²) in [5.41, 5.74) is 2.34. The van der Waals surface area contributed by atoms with E-state index in [2.05, 4.69) is 5.32 Å². The Balaban J connectivity index is 1.49. The number of benzene rings is 2. The van der Waals surface area contributed by atoms with Gasteiger partial charge in [-0.2, -0.15) is 0 Å². The predicted octanol–water partition coefficient (Wildman–Crippen LogP) is 2.60. The molecule has 1 atom stereocenters. The molecule has 1 aromatic heterocycles. The van der Waals surface area contributed by atoms with Crippen molar-refractivity contribution in [1.82, 2.24) is 9.36 Å². The van der Waals surface area contributed by atoms with Gasteiger partial charge >= 0.3 is 5.97 Å². The van der Waals surface area contributed by atoms with Gasteiger partial charge in [-0.15, -0.1) is 0 Å². The summed E-state index contributed by atoms with van der Waals surface area (Å²) in [6, 6.07) is 14.2. The molecule has 1 aliphatic heterocycles. The van der Waals surface area contributed by atoms with Crippen LogP contribution in [0.5, 0.6) is 5.75 Å². The fraction of sp³-hybridized carbons (Fsp3) is 0.261. The first kappa shape index (κ1) is 20.5. The van der Waals surface area contributed by atoms with Crippen LogP contribution in [0, 0.1) is 6.92 Å². The third-order valence-electron chi connectivity index (χ3n) is 5.38. The summed E-state index contributed by atoms with van der Waals surface area (Å²) in [5, 5.41) is 2.62. The van der Waals surface area contributed by atoms with Crippen molar-refractivity contribution in [2.24, 2.45) is 7.05 Å². The van der Waals surface area contributed by atoms with E-state index >= 15 is 0 Å². The summed E-state index contributed by atoms with van der Waals surface area (Å²) in [5.74, 6) is -0.427. The number of ether oxygens (including phenoxy) is 2. The molecule has 4 rings (SSSR count). The quantitative estimate of drug-likeness (QED) is 0.640. The molecule has 2 aromatic carbocycles. The minimum Gasteiger partial charge on any atom is -0.493 e. The molecule has 3 aromatic rings. The van der Waals surface area contributed by atoms with Crippen LogP contribution in [0.2, 0.25) is 0 Å². The van der Waals surface area contributed by atoms with Gasteiger partial charge in [0.15, 0.2) is 6.10 Å². The molecule has 0 bridgehead atoms. The van der Waals surface area contributed by atoms with Crippen molar-refractivity contribution in [3.05, 3.63) is 75.7 Å². The van der Waals surface area contributed by atoms with Gasteiger partial charge < -0.3 is 14.8 Å². The maximum Gasteiger partial charge on any atom is 0.338 e. The Morgan fingerprint density at radius 3 is 2.65 bits per heavy atom. The van der Waals surface area contributed by atoms with Gasteiger partial charge in [0.1, 0.15) is 11.4 Å². The Bertz CT molecular complexity index is 1210. The summed E-state index contributed by atoms with van der Waals surface area (Å²) < 4.78 is 13.9. The highest BCUT2D eigenvalue weighted by atomic mass is 16.5. The standard InChI is InChI=1S/C23H23N3O5/c1-14-20(22(28)26(25(14)3)18-7-5-4-6-8-18)24-21(27)15(2)31-23(29)17-9-10-19-16(13-17)11-12-30-19/h4-10,13,15H,11-12H2,1-3H3,(H,24,27). The van der Waals surface area contributed by atoms with E-state index in [1.165, 1.54) is 11.6 Å². The van der Waals surface area contributed by atoms with Crippen LogP contribution >= 0.6 is 0 Å². The van der Waals surface area contributed by atoms with Gasteiger partial charge in [0, 0.05) is 13.5 Å². The van der Waals surface area contributed by atoms with Crippen LogP contribution in [0.4, 0.5) is 5.69 Å². The van der Waals surface area contributed by atoms with E-state index in [1.807, 2.05) is 18.2 Å². The van der Waals surface area contributed by atoms with Gasteiger partial charge in [-0.05, 0) is 49.7 Å². The van der Waals surface area contributed by atoms with Crippen molar-refractivity contribution in [1.29, 1.82) is 0 Å². The first-order chi connectivity index (χ1) is 14.9. The van der Waals surface area contributed by atoms with E-state index < -0.39 is 18.0 Å². The number of aromatic nitrogens is 2. The number of nitrogens with zero attached hydrogens (tertiary/aromatic N) is 2. The number of carbonyl (C=O) groups excluding carboxylic acids is 2. The lowest BCUT2D eigenvalue weighted by atomic mass is 10.1. The molecule has 2 heterocycles. The maximum absolute atomic E-state index is 12.9. The molecule has 0 aliphatic carbocycles. The van der Waals surface area contributed by atoms with E-state index in [4.69, 9.17) is 9.47 Å². The zero-order valence-corrected chi connectivity index (χ0v) is 17.5. The van der Waals surface area contributed by atoms with Crippen molar-refractivity contribution >= 4 is 17.6 Å². The number of rotatable bonds is 5. The summed E-state index contributed by atoms with van der Waals surface area (Å²) in [7, 11) is 1.74. The average molecular weight is 421 g/mol. The molecule has 0 saturated carbocycles. The van der Waals surface area contributed by atoms with Crippen molar-refractivity contribution < 1.29 is 19.1 Å². The smallest absolute Gasteiger partial charge is 0.338 e. The zero-order valence-electron chi connectivity index (χ0n) is 17.5. The number of nitrogens with one attached hydrogen (secondary N) is 1. The van der Waals surface area contributed by atoms with Gasteiger partial charge in [-0.1, -0.05) is 18.2 Å². The number of hydrogen-bond donors (Lipinski definition) is 1. The number of amides is 1. The average Bonchev–Trinajstić information content (AvgIpc) is 3.32. The van der Waals surface area contributed by atoms with E-state index in [0.717, 1.165) is 17.7 Å². The lowest BCUT2D eigenvalue weighted by Crippen LogP contribution is -2.32. The van der Waals surface area contributed by atoms with Crippen molar-refractivity contribution in [2.45, 2.75) is 26.4 Å². The molecule has 0 spiro atoms. The molecule has 1 aliphatic rings. The van der Waals surface area contributed by atoms with Gasteiger partial charge in [-0.25, -0.2) is 9.48 Å². The number of anilines is 1. The second kappa shape index (κ2) is 8.14. The summed E-state index contributed by atoms with van der Waals surface area (Å²) in [6.45, 7) is 3.79. The second-order valence-corrected chi connectivity index (χ2v) is 7.39. The minimum atomic E-state index is -1.08. The maximum atomic E-state index is 12.9. The Hall–Kier alpha value is -3.81. The Kier molecular flexibility index (Phi) is 5.37. The number of carbonyl (C=O) groups is 2. The SMILES string of the molecule is Cc1c(NC(=O)C(C)OC(=O)c2ccc3c(c2)CCO3)c(=O)n(-c2ccccc2)n1C. The van der Waals surface area contributed by atoms with Crippen LogP contribution in [0.1, 0.15) is 28.5 Å². The number of hydrogen-bond acceptors (Lipinski definition) is 5. The van der Waals surface area contributed by atoms with Crippen LogP contribution in [0.15, 0.2) is 53.3 Å². The van der Waals surface area contributed by atoms with Crippen molar-refractivity contribution in [2.75, 3.05) is 11.9 Å². The Morgan fingerprint density at radius 1 is 1.16 bits per heavy atom. The Labute approximate surface area is 179 Å². The largest absolute Gasteiger partial charge is 0.493 e. The normalized spacial score (nSPS) is 13.3. The molecule has 8 nitrogen and oxygen atoms in total. The highest BCUT2D eigenvalue weighted by Gasteiger charge is 2.24. The third-order valence-corrected chi connectivity index (χ3v) is 5.38. The fourth-order valence-corrected chi connectivity index (χ4v) is 3.53. The van der Waals surface area contributed by atoms with E-state index in [1.54, 1.807) is 49.0 Å². The lowest BCUT2D eigenvalue weighted by molar-refractivity contribution is -0.123. The highest BCUT2D eigenvalue weighted by molar-refractivity contribution is 5.97. The monoisotopic (exact) mass is 421 g/mol. The second-order valence-electron chi connectivity index (χ2n) is 7.39. The van der Waals surface area contributed by atoms with Gasteiger partial charge in [-0.3, -0.25) is 14.3 Å². The molecule has 160 valence electrons. The molecular weight excluding hydrogens is 398 g/mol. The third kappa shape index (κ3) is 3.84. The van der Waals surface area contributed by atoms with Gasteiger partial charge in [0.05, 0.1) is 23.6 Å². The molecule has 1 amide bonds. The van der Waals surface area contributed by atoms with Crippen LogP contribution < -0.4 is 15.6 Å². The van der Waals surface area contributed by atoms with E-state index in [9.17, 15) is 14.4 Å². The first-order valence-corrected chi connectivity index (χ1v) is 9.98. The lowest BCUT2D eigenvalue weighted by Gasteiger charge is -2.13. The van der Waals surface area contributed by atoms with Crippen molar-refractivity contribution in [3.8, 4) is 11.4 Å². The van der Waals surface area contributed by atoms with E-state index in [0.29, 0.717) is 23.6 Å².